The standard InChI is InChI=1S/C8H6ClNO2S/c1-2-3-7-4-5-8(10-6-7)13(9,11)12/h4-6H,1H3. The third-order valence-corrected chi connectivity index (χ3v) is 2.47. The average Bonchev–Trinajstić information content (AvgIpc) is 2.04. The van der Waals surface area contributed by atoms with E-state index in [1.807, 2.05) is 0 Å². The van der Waals surface area contributed by atoms with Crippen molar-refractivity contribution in [1.82, 2.24) is 4.98 Å². The van der Waals surface area contributed by atoms with Gasteiger partial charge in [0.15, 0.2) is 5.03 Å². The van der Waals surface area contributed by atoms with Crippen LogP contribution in [0.2, 0.25) is 0 Å². The molecule has 0 saturated carbocycles. The largest absolute Gasteiger partial charge is 0.278 e. The van der Waals surface area contributed by atoms with Gasteiger partial charge >= 0.3 is 0 Å². The Bertz CT molecular complexity index is 453. The molecule has 0 unspecified atom stereocenters. The minimum absolute atomic E-state index is 0.157. The predicted molar refractivity (Wildman–Crippen MR) is 49.8 cm³/mol. The van der Waals surface area contributed by atoms with E-state index in [2.05, 4.69) is 16.8 Å². The highest BCUT2D eigenvalue weighted by atomic mass is 35.7. The molecular formula is C8H6ClNO2S. The van der Waals surface area contributed by atoms with Gasteiger partial charge < -0.3 is 0 Å². The average molecular weight is 216 g/mol. The number of rotatable bonds is 1. The van der Waals surface area contributed by atoms with Crippen molar-refractivity contribution in [3.8, 4) is 11.8 Å². The summed E-state index contributed by atoms with van der Waals surface area (Å²) < 4.78 is 21.5. The quantitative estimate of drug-likeness (QED) is 0.525. The molecule has 1 heterocycles. The lowest BCUT2D eigenvalue weighted by atomic mass is 10.3. The maximum atomic E-state index is 10.8. The second-order valence-corrected chi connectivity index (χ2v) is 4.71. The van der Waals surface area contributed by atoms with Gasteiger partial charge in [-0.05, 0) is 19.1 Å². The van der Waals surface area contributed by atoms with E-state index in [1.165, 1.54) is 12.3 Å². The third kappa shape index (κ3) is 2.72. The Morgan fingerprint density at radius 1 is 1.46 bits per heavy atom. The molecule has 1 aromatic heterocycles. The topological polar surface area (TPSA) is 47.0 Å². The van der Waals surface area contributed by atoms with E-state index in [0.717, 1.165) is 0 Å². The summed E-state index contributed by atoms with van der Waals surface area (Å²) in [5.41, 5.74) is 0.659. The fourth-order valence-electron chi connectivity index (χ4n) is 0.743. The van der Waals surface area contributed by atoms with Crippen LogP contribution in [-0.2, 0) is 9.05 Å². The van der Waals surface area contributed by atoms with Crippen LogP contribution in [0.5, 0.6) is 0 Å². The Labute approximate surface area is 81.2 Å². The van der Waals surface area contributed by atoms with E-state index in [9.17, 15) is 8.42 Å². The van der Waals surface area contributed by atoms with Crippen LogP contribution in [0.15, 0.2) is 23.4 Å². The van der Waals surface area contributed by atoms with Crippen LogP contribution in [0.1, 0.15) is 12.5 Å². The lowest BCUT2D eigenvalue weighted by Gasteiger charge is -1.93. The molecule has 3 nitrogen and oxygen atoms in total. The van der Waals surface area contributed by atoms with Crippen molar-refractivity contribution >= 4 is 19.7 Å². The van der Waals surface area contributed by atoms with Crippen LogP contribution in [0, 0.1) is 11.8 Å². The van der Waals surface area contributed by atoms with Gasteiger partial charge in [0, 0.05) is 22.4 Å². The van der Waals surface area contributed by atoms with Gasteiger partial charge in [0.1, 0.15) is 0 Å². The first-order valence-electron chi connectivity index (χ1n) is 3.37. The summed E-state index contributed by atoms with van der Waals surface area (Å²) >= 11 is 0. The molecular weight excluding hydrogens is 210 g/mol. The van der Waals surface area contributed by atoms with Crippen molar-refractivity contribution in [2.24, 2.45) is 0 Å². The minimum Gasteiger partial charge on any atom is -0.242 e. The summed E-state index contributed by atoms with van der Waals surface area (Å²) in [4.78, 5) is 3.65. The van der Waals surface area contributed by atoms with Gasteiger partial charge in [0.05, 0.1) is 0 Å². The highest BCUT2D eigenvalue weighted by molar-refractivity contribution is 8.13. The van der Waals surface area contributed by atoms with Crippen molar-refractivity contribution in [1.29, 1.82) is 0 Å². The SMILES string of the molecule is CC#Cc1ccc(S(=O)(=O)Cl)nc1. The van der Waals surface area contributed by atoms with Gasteiger partial charge in [0.25, 0.3) is 9.05 Å². The molecule has 0 aliphatic rings. The fraction of sp³-hybridized carbons (Fsp3) is 0.125. The van der Waals surface area contributed by atoms with Crippen LogP contribution in [0.25, 0.3) is 0 Å². The summed E-state index contributed by atoms with van der Waals surface area (Å²) in [6.45, 7) is 1.69. The van der Waals surface area contributed by atoms with Gasteiger partial charge in [-0.2, -0.15) is 0 Å². The zero-order valence-corrected chi connectivity index (χ0v) is 8.35. The number of hydrogen-bond acceptors (Lipinski definition) is 3. The maximum absolute atomic E-state index is 10.8. The first kappa shape index (κ1) is 10.0. The monoisotopic (exact) mass is 215 g/mol. The van der Waals surface area contributed by atoms with E-state index in [1.54, 1.807) is 13.0 Å². The molecule has 1 rings (SSSR count). The lowest BCUT2D eigenvalue weighted by Crippen LogP contribution is -1.94. The molecule has 0 atom stereocenters. The van der Waals surface area contributed by atoms with E-state index in [4.69, 9.17) is 10.7 Å². The van der Waals surface area contributed by atoms with E-state index in [0.29, 0.717) is 5.56 Å². The van der Waals surface area contributed by atoms with Gasteiger partial charge in [0.2, 0.25) is 0 Å². The fourth-order valence-corrected chi connectivity index (χ4v) is 1.43. The summed E-state index contributed by atoms with van der Waals surface area (Å²) in [5, 5.41) is -0.157. The first-order chi connectivity index (χ1) is 6.04. The first-order valence-corrected chi connectivity index (χ1v) is 5.68. The number of aromatic nitrogens is 1. The van der Waals surface area contributed by atoms with Crippen LogP contribution < -0.4 is 0 Å². The Morgan fingerprint density at radius 2 is 2.15 bits per heavy atom. The second-order valence-electron chi connectivity index (χ2n) is 2.20. The summed E-state index contributed by atoms with van der Waals surface area (Å²) in [5.74, 6) is 5.41. The van der Waals surface area contributed by atoms with Crippen molar-refractivity contribution < 1.29 is 8.42 Å². The summed E-state index contributed by atoms with van der Waals surface area (Å²) in [7, 11) is 1.34. The van der Waals surface area contributed by atoms with E-state index in [-0.39, 0.29) is 5.03 Å². The normalized spacial score (nSPS) is 10.3. The van der Waals surface area contributed by atoms with Crippen LogP contribution >= 0.6 is 10.7 Å². The molecule has 68 valence electrons. The van der Waals surface area contributed by atoms with Gasteiger partial charge in [-0.1, -0.05) is 5.92 Å². The highest BCUT2D eigenvalue weighted by Gasteiger charge is 2.10. The summed E-state index contributed by atoms with van der Waals surface area (Å²) in [6.07, 6.45) is 1.37. The van der Waals surface area contributed by atoms with E-state index >= 15 is 0 Å². The molecule has 1 aromatic rings. The highest BCUT2D eigenvalue weighted by Crippen LogP contribution is 2.11. The third-order valence-electron chi connectivity index (χ3n) is 1.26. The zero-order chi connectivity index (χ0) is 9.90. The molecule has 0 fully saturated rings. The van der Waals surface area contributed by atoms with Gasteiger partial charge in [-0.15, -0.1) is 5.92 Å². The Morgan fingerprint density at radius 3 is 2.54 bits per heavy atom. The van der Waals surface area contributed by atoms with Gasteiger partial charge in [-0.25, -0.2) is 13.4 Å². The van der Waals surface area contributed by atoms with Crippen molar-refractivity contribution in [3.63, 3.8) is 0 Å². The molecule has 0 radical (unpaired) electrons. The van der Waals surface area contributed by atoms with E-state index < -0.39 is 9.05 Å². The molecule has 0 amide bonds. The van der Waals surface area contributed by atoms with Crippen molar-refractivity contribution in [2.75, 3.05) is 0 Å². The van der Waals surface area contributed by atoms with Crippen molar-refractivity contribution in [2.45, 2.75) is 11.9 Å². The van der Waals surface area contributed by atoms with Crippen molar-refractivity contribution in [3.05, 3.63) is 23.9 Å². The number of hydrogen-bond donors (Lipinski definition) is 0. The van der Waals surface area contributed by atoms with Crippen LogP contribution in [0.4, 0.5) is 0 Å². The number of nitrogens with zero attached hydrogens (tertiary/aromatic N) is 1. The predicted octanol–water partition coefficient (Wildman–Crippen LogP) is 1.38. The molecule has 0 N–H and O–H groups in total. The van der Waals surface area contributed by atoms with Gasteiger partial charge in [-0.3, -0.25) is 0 Å². The Balaban J connectivity index is 3.13. The molecule has 0 spiro atoms. The maximum Gasteiger partial charge on any atom is 0.278 e. The molecule has 0 aliphatic heterocycles. The Kier molecular flexibility index (Phi) is 2.91. The number of pyridine rings is 1. The second kappa shape index (κ2) is 3.77. The van der Waals surface area contributed by atoms with Crippen LogP contribution in [-0.4, -0.2) is 13.4 Å². The Hall–Kier alpha value is -1.05. The lowest BCUT2D eigenvalue weighted by molar-refractivity contribution is 0.606. The molecule has 0 aromatic carbocycles. The molecule has 13 heavy (non-hydrogen) atoms. The molecule has 0 aliphatic carbocycles. The number of halogens is 1. The molecule has 5 heteroatoms. The minimum atomic E-state index is -3.72. The molecule has 0 saturated heterocycles. The molecule has 0 bridgehead atoms. The summed E-state index contributed by atoms with van der Waals surface area (Å²) in [6, 6.07) is 2.88. The smallest absolute Gasteiger partial charge is 0.242 e. The van der Waals surface area contributed by atoms with Crippen LogP contribution in [0.3, 0.4) is 0 Å². The zero-order valence-electron chi connectivity index (χ0n) is 6.78.